The Bertz CT molecular complexity index is 123. The van der Waals surface area contributed by atoms with Gasteiger partial charge in [-0.2, -0.15) is 0 Å². The molecule has 0 amide bonds. The van der Waals surface area contributed by atoms with Crippen LogP contribution in [0.5, 0.6) is 0 Å². The van der Waals surface area contributed by atoms with Gasteiger partial charge in [-0.05, 0) is 19.1 Å². The van der Waals surface area contributed by atoms with Crippen molar-refractivity contribution < 1.29 is 4.43 Å². The van der Waals surface area contributed by atoms with E-state index in [0.717, 1.165) is 0 Å². The van der Waals surface area contributed by atoms with Gasteiger partial charge < -0.3 is 4.43 Å². The molecule has 0 unspecified atom stereocenters. The molecule has 3 heteroatoms. The zero-order valence-electron chi connectivity index (χ0n) is 7.56. The summed E-state index contributed by atoms with van der Waals surface area (Å²) in [4.78, 5) is 1.77. The van der Waals surface area contributed by atoms with Gasteiger partial charge in [0.2, 0.25) is 8.32 Å². The van der Waals surface area contributed by atoms with Crippen LogP contribution in [0.2, 0.25) is 19.1 Å². The van der Waals surface area contributed by atoms with Gasteiger partial charge in [0.15, 0.2) is 0 Å². The van der Waals surface area contributed by atoms with Gasteiger partial charge in [-0.25, -0.2) is 0 Å². The quantitative estimate of drug-likeness (QED) is 0.521. The maximum atomic E-state index is 5.59. The van der Waals surface area contributed by atoms with Crippen molar-refractivity contribution in [2.24, 2.45) is 0 Å². The first kappa shape index (κ1) is 11.2. The van der Waals surface area contributed by atoms with E-state index in [1.807, 2.05) is 0 Å². The molecule has 0 fully saturated rings. The lowest BCUT2D eigenvalue weighted by molar-refractivity contribution is 0.469. The van der Waals surface area contributed by atoms with Crippen molar-refractivity contribution in [3.05, 3.63) is 11.2 Å². The normalized spacial score (nSPS) is 12.4. The molecule has 0 aliphatic rings. The molecule has 0 aromatic heterocycles. The molecule has 0 atom stereocenters. The largest absolute Gasteiger partial charge is 0.549 e. The second kappa shape index (κ2) is 5.83. The third-order valence-electron chi connectivity index (χ3n) is 1.57. The predicted octanol–water partition coefficient (Wildman–Crippen LogP) is 3.87. The number of halogens is 1. The Labute approximate surface area is 79.1 Å². The van der Waals surface area contributed by atoms with Crippen LogP contribution in [0.1, 0.15) is 19.8 Å². The fourth-order valence-corrected chi connectivity index (χ4v) is 2.94. The molecule has 0 aromatic carbocycles. The van der Waals surface area contributed by atoms with E-state index in [0.29, 0.717) is 0 Å². The first-order valence-corrected chi connectivity index (χ1v) is 8.08. The maximum Gasteiger partial charge on any atom is 0.244 e. The minimum absolute atomic E-state index is 1.25. The molecule has 0 aromatic rings. The molecule has 0 radical (unpaired) electrons. The average Bonchev–Trinajstić information content (AvgIpc) is 1.97. The lowest BCUT2D eigenvalue weighted by atomic mass is 10.4. The second-order valence-electron chi connectivity index (χ2n) is 3.24. The minimum Gasteiger partial charge on any atom is -0.549 e. The third kappa shape index (κ3) is 6.63. The summed E-state index contributed by atoms with van der Waals surface area (Å²) in [7, 11) is -1.36. The van der Waals surface area contributed by atoms with Gasteiger partial charge in [0, 0.05) is 4.99 Å². The molecule has 0 aliphatic carbocycles. The topological polar surface area (TPSA) is 9.23 Å². The molecule has 0 spiro atoms. The maximum absolute atomic E-state index is 5.59. The first-order chi connectivity index (χ1) is 5.12. The van der Waals surface area contributed by atoms with E-state index in [1.54, 1.807) is 11.2 Å². The molecular weight excluding hydrogens is 220 g/mol. The molecule has 0 aliphatic heterocycles. The Balaban J connectivity index is 3.60. The molecule has 0 saturated carbocycles. The highest BCUT2D eigenvalue weighted by atomic mass is 79.9. The number of hydrogen-bond acceptors (Lipinski definition) is 1. The molecule has 11 heavy (non-hydrogen) atoms. The summed E-state index contributed by atoms with van der Waals surface area (Å²) in [5.74, 6) is 0. The zero-order valence-corrected chi connectivity index (χ0v) is 10.1. The van der Waals surface area contributed by atoms with Crippen molar-refractivity contribution >= 4 is 24.2 Å². The molecular formula is C8H17BrOSi. The summed E-state index contributed by atoms with van der Waals surface area (Å²) in [6.07, 6.45) is 4.30. The lowest BCUT2D eigenvalue weighted by Crippen LogP contribution is -2.27. The van der Waals surface area contributed by atoms with Crippen LogP contribution in [0.3, 0.4) is 0 Å². The molecule has 0 heterocycles. The van der Waals surface area contributed by atoms with Crippen LogP contribution in [0.15, 0.2) is 11.2 Å². The summed E-state index contributed by atoms with van der Waals surface area (Å²) in [5, 5.41) is 0. The van der Waals surface area contributed by atoms with Gasteiger partial charge in [-0.3, -0.25) is 0 Å². The highest BCUT2D eigenvalue weighted by Gasteiger charge is 2.21. The Morgan fingerprint density at radius 2 is 2.09 bits per heavy atom. The fourth-order valence-electron chi connectivity index (χ4n) is 0.871. The summed E-state index contributed by atoms with van der Waals surface area (Å²) in [6, 6.07) is 1.25. The zero-order chi connectivity index (χ0) is 8.74. The van der Waals surface area contributed by atoms with E-state index in [2.05, 4.69) is 35.9 Å². The Kier molecular flexibility index (Phi) is 5.96. The summed E-state index contributed by atoms with van der Waals surface area (Å²) in [5.41, 5.74) is 0. The van der Waals surface area contributed by atoms with Crippen molar-refractivity contribution in [3.63, 3.8) is 0 Å². The molecule has 66 valence electrons. The van der Waals surface area contributed by atoms with Crippen molar-refractivity contribution in [3.8, 4) is 0 Å². The van der Waals surface area contributed by atoms with E-state index in [9.17, 15) is 0 Å². The van der Waals surface area contributed by atoms with Gasteiger partial charge >= 0.3 is 0 Å². The number of hydrogen-bond donors (Lipinski definition) is 0. The van der Waals surface area contributed by atoms with Crippen molar-refractivity contribution in [1.82, 2.24) is 0 Å². The lowest BCUT2D eigenvalue weighted by Gasteiger charge is -2.20. The van der Waals surface area contributed by atoms with Gasteiger partial charge in [0.05, 0.1) is 6.26 Å². The number of rotatable bonds is 5. The van der Waals surface area contributed by atoms with Gasteiger partial charge in [-0.1, -0.05) is 35.7 Å². The Hall–Kier alpha value is 0.237. The van der Waals surface area contributed by atoms with Crippen LogP contribution in [0.4, 0.5) is 0 Å². The van der Waals surface area contributed by atoms with E-state index in [1.165, 1.54) is 18.9 Å². The molecule has 1 nitrogen and oxygen atoms in total. The summed E-state index contributed by atoms with van der Waals surface area (Å²) >= 11 is 3.19. The van der Waals surface area contributed by atoms with Crippen LogP contribution in [0.25, 0.3) is 0 Å². The van der Waals surface area contributed by atoms with Crippen molar-refractivity contribution in [2.45, 2.75) is 38.9 Å². The highest BCUT2D eigenvalue weighted by molar-refractivity contribution is 9.11. The van der Waals surface area contributed by atoms with Crippen LogP contribution in [-0.4, -0.2) is 8.32 Å². The smallest absolute Gasteiger partial charge is 0.244 e. The van der Waals surface area contributed by atoms with E-state index in [-0.39, 0.29) is 0 Å². The monoisotopic (exact) mass is 236 g/mol. The average molecular weight is 237 g/mol. The predicted molar refractivity (Wildman–Crippen MR) is 56.3 cm³/mol. The van der Waals surface area contributed by atoms with Crippen molar-refractivity contribution in [2.75, 3.05) is 0 Å². The van der Waals surface area contributed by atoms with Crippen LogP contribution in [-0.2, 0) is 4.43 Å². The molecule has 0 saturated heterocycles. The SMILES string of the molecule is CCCC[Si](C)(C)OC=CBr. The van der Waals surface area contributed by atoms with Gasteiger partial charge in [0.25, 0.3) is 0 Å². The number of unbranched alkanes of at least 4 members (excludes halogenated alkanes) is 1. The Morgan fingerprint density at radius 1 is 1.45 bits per heavy atom. The molecule has 0 bridgehead atoms. The summed E-state index contributed by atoms with van der Waals surface area (Å²) in [6.45, 7) is 6.70. The van der Waals surface area contributed by atoms with Crippen LogP contribution in [0, 0.1) is 0 Å². The van der Waals surface area contributed by atoms with Crippen LogP contribution < -0.4 is 0 Å². The van der Waals surface area contributed by atoms with E-state index in [4.69, 9.17) is 4.43 Å². The summed E-state index contributed by atoms with van der Waals surface area (Å²) < 4.78 is 5.59. The second-order valence-corrected chi connectivity index (χ2v) is 8.03. The van der Waals surface area contributed by atoms with E-state index >= 15 is 0 Å². The third-order valence-corrected chi connectivity index (χ3v) is 4.12. The van der Waals surface area contributed by atoms with Crippen LogP contribution >= 0.6 is 15.9 Å². The van der Waals surface area contributed by atoms with Gasteiger partial charge in [-0.15, -0.1) is 0 Å². The van der Waals surface area contributed by atoms with Crippen molar-refractivity contribution in [1.29, 1.82) is 0 Å². The fraction of sp³-hybridized carbons (Fsp3) is 0.750. The molecule has 0 rings (SSSR count). The highest BCUT2D eigenvalue weighted by Crippen LogP contribution is 2.15. The minimum atomic E-state index is -1.36. The standard InChI is InChI=1S/C8H17BrOSi/c1-4-5-8-11(2,3)10-7-6-9/h6-7H,4-5,8H2,1-3H3. The van der Waals surface area contributed by atoms with Gasteiger partial charge in [0.1, 0.15) is 0 Å². The first-order valence-electron chi connectivity index (χ1n) is 4.05. The molecule has 0 N–H and O–H groups in total. The Morgan fingerprint density at radius 3 is 2.55 bits per heavy atom. The van der Waals surface area contributed by atoms with E-state index < -0.39 is 8.32 Å².